The van der Waals surface area contributed by atoms with E-state index in [9.17, 15) is 4.79 Å². The molecular formula is C22H17Cl2N3O3. The summed E-state index contributed by atoms with van der Waals surface area (Å²) in [6.07, 6.45) is 6.98. The summed E-state index contributed by atoms with van der Waals surface area (Å²) in [6.45, 7) is 0.271. The number of carbonyl (C=O) groups is 1. The second-order valence-electron chi connectivity index (χ2n) is 8.16. The van der Waals surface area contributed by atoms with Gasteiger partial charge in [0.25, 0.3) is 0 Å². The zero-order chi connectivity index (χ0) is 20.5. The zero-order valence-electron chi connectivity index (χ0n) is 15.9. The SMILES string of the molecule is O=C1Nc2ccc(OCc3c(-c4c(Cl)cncc4Cl)noc3C3CC3)cc2C12CC2. The summed E-state index contributed by atoms with van der Waals surface area (Å²) in [5.74, 6) is 1.97. The van der Waals surface area contributed by atoms with Crippen LogP contribution in [0.1, 0.15) is 48.5 Å². The lowest BCUT2D eigenvalue weighted by atomic mass is 9.98. The molecule has 0 radical (unpaired) electrons. The lowest BCUT2D eigenvalue weighted by Crippen LogP contribution is -2.18. The summed E-state index contributed by atoms with van der Waals surface area (Å²) in [5.41, 5.74) is 3.59. The fourth-order valence-electron chi connectivity index (χ4n) is 4.22. The number of aromatic nitrogens is 2. The number of carbonyl (C=O) groups excluding carboxylic acids is 1. The molecule has 0 unspecified atom stereocenters. The highest BCUT2D eigenvalue weighted by molar-refractivity contribution is 6.38. The molecule has 3 heterocycles. The average Bonchev–Trinajstić information content (AvgIpc) is 3.64. The highest BCUT2D eigenvalue weighted by atomic mass is 35.5. The minimum absolute atomic E-state index is 0.0916. The molecule has 1 N–H and O–H groups in total. The summed E-state index contributed by atoms with van der Waals surface area (Å²) < 4.78 is 11.8. The number of pyridine rings is 1. The van der Waals surface area contributed by atoms with Crippen LogP contribution in [0.25, 0.3) is 11.3 Å². The van der Waals surface area contributed by atoms with Gasteiger partial charge in [-0.25, -0.2) is 0 Å². The average molecular weight is 442 g/mol. The van der Waals surface area contributed by atoms with E-state index < -0.39 is 0 Å². The van der Waals surface area contributed by atoms with Crippen molar-refractivity contribution >= 4 is 34.8 Å². The highest BCUT2D eigenvalue weighted by Gasteiger charge is 2.56. The van der Waals surface area contributed by atoms with Crippen LogP contribution in [0.3, 0.4) is 0 Å². The second kappa shape index (κ2) is 6.46. The summed E-state index contributed by atoms with van der Waals surface area (Å²) in [7, 11) is 0. The van der Waals surface area contributed by atoms with Gasteiger partial charge in [-0.15, -0.1) is 0 Å². The Hall–Kier alpha value is -2.57. The van der Waals surface area contributed by atoms with Crippen molar-refractivity contribution < 1.29 is 14.1 Å². The number of hydrogen-bond acceptors (Lipinski definition) is 5. The van der Waals surface area contributed by atoms with Crippen molar-refractivity contribution in [1.82, 2.24) is 10.1 Å². The Kier molecular flexibility index (Phi) is 3.92. The lowest BCUT2D eigenvalue weighted by molar-refractivity contribution is -0.117. The number of halogens is 2. The van der Waals surface area contributed by atoms with Crippen molar-refractivity contribution in [2.75, 3.05) is 5.32 Å². The summed E-state index contributed by atoms with van der Waals surface area (Å²) in [5, 5.41) is 8.07. The Morgan fingerprint density at radius 2 is 1.97 bits per heavy atom. The van der Waals surface area contributed by atoms with Gasteiger partial charge in [0.05, 0.1) is 21.0 Å². The van der Waals surface area contributed by atoms with Gasteiger partial charge in [-0.05, 0) is 49.4 Å². The van der Waals surface area contributed by atoms with Gasteiger partial charge in [0.1, 0.15) is 23.8 Å². The molecule has 1 aromatic carbocycles. The van der Waals surface area contributed by atoms with E-state index in [2.05, 4.69) is 15.5 Å². The van der Waals surface area contributed by atoms with Crippen LogP contribution in [-0.4, -0.2) is 16.0 Å². The molecule has 0 atom stereocenters. The second-order valence-corrected chi connectivity index (χ2v) is 8.97. The maximum Gasteiger partial charge on any atom is 0.235 e. The molecule has 2 fully saturated rings. The third-order valence-electron chi connectivity index (χ3n) is 6.18. The molecule has 2 saturated carbocycles. The van der Waals surface area contributed by atoms with Crippen LogP contribution in [-0.2, 0) is 16.8 Å². The van der Waals surface area contributed by atoms with Crippen LogP contribution in [0.15, 0.2) is 35.1 Å². The smallest absolute Gasteiger partial charge is 0.235 e. The van der Waals surface area contributed by atoms with Crippen molar-refractivity contribution in [2.45, 2.75) is 43.6 Å². The maximum absolute atomic E-state index is 12.3. The molecule has 0 saturated heterocycles. The largest absolute Gasteiger partial charge is 0.489 e. The topological polar surface area (TPSA) is 77.2 Å². The van der Waals surface area contributed by atoms with Crippen LogP contribution in [0.4, 0.5) is 5.69 Å². The van der Waals surface area contributed by atoms with Gasteiger partial charge >= 0.3 is 0 Å². The minimum Gasteiger partial charge on any atom is -0.489 e. The molecule has 8 heteroatoms. The molecule has 3 aliphatic rings. The predicted molar refractivity (Wildman–Crippen MR) is 112 cm³/mol. The molecule has 152 valence electrons. The van der Waals surface area contributed by atoms with Crippen LogP contribution in [0, 0.1) is 0 Å². The third-order valence-corrected chi connectivity index (χ3v) is 6.75. The molecule has 2 aromatic heterocycles. The van der Waals surface area contributed by atoms with E-state index in [-0.39, 0.29) is 17.9 Å². The van der Waals surface area contributed by atoms with E-state index in [0.717, 1.165) is 48.3 Å². The van der Waals surface area contributed by atoms with Gasteiger partial charge in [0, 0.05) is 29.6 Å². The number of ether oxygens (including phenoxy) is 1. The van der Waals surface area contributed by atoms with E-state index >= 15 is 0 Å². The van der Waals surface area contributed by atoms with E-state index in [1.807, 2.05) is 18.2 Å². The molecule has 30 heavy (non-hydrogen) atoms. The number of hydrogen-bond donors (Lipinski definition) is 1. The first-order valence-electron chi connectivity index (χ1n) is 9.93. The van der Waals surface area contributed by atoms with Crippen molar-refractivity contribution in [3.05, 3.63) is 57.5 Å². The minimum atomic E-state index is -0.353. The predicted octanol–water partition coefficient (Wildman–Crippen LogP) is 5.48. The molecular weight excluding hydrogens is 425 g/mol. The molecule has 1 amide bonds. The fourth-order valence-corrected chi connectivity index (χ4v) is 4.76. The molecule has 2 aliphatic carbocycles. The maximum atomic E-state index is 12.3. The first kappa shape index (κ1) is 18.2. The van der Waals surface area contributed by atoms with E-state index in [1.165, 1.54) is 0 Å². The van der Waals surface area contributed by atoms with Crippen molar-refractivity contribution in [2.24, 2.45) is 0 Å². The number of nitrogens with one attached hydrogen (secondary N) is 1. The zero-order valence-corrected chi connectivity index (χ0v) is 17.4. The van der Waals surface area contributed by atoms with Gasteiger partial charge in [0.15, 0.2) is 0 Å². The number of amides is 1. The fraction of sp³-hybridized carbons (Fsp3) is 0.318. The molecule has 3 aromatic rings. The van der Waals surface area contributed by atoms with E-state index in [1.54, 1.807) is 12.4 Å². The van der Waals surface area contributed by atoms with Gasteiger partial charge in [-0.3, -0.25) is 9.78 Å². The first-order chi connectivity index (χ1) is 14.6. The van der Waals surface area contributed by atoms with Crippen LogP contribution in [0.2, 0.25) is 10.0 Å². The van der Waals surface area contributed by atoms with E-state index in [0.29, 0.717) is 33.0 Å². The Morgan fingerprint density at radius 3 is 2.67 bits per heavy atom. The molecule has 6 rings (SSSR count). The number of nitrogens with zero attached hydrogens (tertiary/aromatic N) is 2. The Balaban J connectivity index is 1.34. The standard InChI is InChI=1S/C22H17Cl2N3O3/c23-15-8-25-9-16(24)18(15)19-13(20(30-27-19)11-1-2-11)10-29-12-3-4-17-14(7-12)22(5-6-22)21(28)26-17/h3-4,7-9,11H,1-2,5-6,10H2,(H,26,28). The molecule has 1 aliphatic heterocycles. The number of anilines is 1. The molecule has 1 spiro atoms. The van der Waals surface area contributed by atoms with Gasteiger partial charge in [0.2, 0.25) is 5.91 Å². The number of benzene rings is 1. The Bertz CT molecular complexity index is 1180. The summed E-state index contributed by atoms with van der Waals surface area (Å²) >= 11 is 12.7. The molecule has 6 nitrogen and oxygen atoms in total. The van der Waals surface area contributed by atoms with E-state index in [4.69, 9.17) is 32.5 Å². The third kappa shape index (κ3) is 2.74. The van der Waals surface area contributed by atoms with Gasteiger partial charge in [-0.1, -0.05) is 28.4 Å². The highest BCUT2D eigenvalue weighted by Crippen LogP contribution is 2.55. The van der Waals surface area contributed by atoms with Crippen LogP contribution >= 0.6 is 23.2 Å². The van der Waals surface area contributed by atoms with Crippen molar-refractivity contribution in [3.8, 4) is 17.0 Å². The summed E-state index contributed by atoms with van der Waals surface area (Å²) in [4.78, 5) is 16.3. The van der Waals surface area contributed by atoms with Gasteiger partial charge in [-0.2, -0.15) is 0 Å². The Morgan fingerprint density at radius 1 is 1.20 bits per heavy atom. The molecule has 0 bridgehead atoms. The number of rotatable bonds is 5. The van der Waals surface area contributed by atoms with Crippen molar-refractivity contribution in [3.63, 3.8) is 0 Å². The quantitative estimate of drug-likeness (QED) is 0.566. The monoisotopic (exact) mass is 441 g/mol. The van der Waals surface area contributed by atoms with Gasteiger partial charge < -0.3 is 14.6 Å². The lowest BCUT2D eigenvalue weighted by Gasteiger charge is -2.11. The van der Waals surface area contributed by atoms with Crippen molar-refractivity contribution in [1.29, 1.82) is 0 Å². The van der Waals surface area contributed by atoms with Crippen LogP contribution in [0.5, 0.6) is 5.75 Å². The summed E-state index contributed by atoms with van der Waals surface area (Å²) in [6, 6.07) is 5.75. The number of fused-ring (bicyclic) bond motifs is 2. The normalized spacial score (nSPS) is 18.4. The first-order valence-corrected chi connectivity index (χ1v) is 10.7. The van der Waals surface area contributed by atoms with Crippen LogP contribution < -0.4 is 10.1 Å². The Labute approximate surface area is 182 Å².